The summed E-state index contributed by atoms with van der Waals surface area (Å²) in [4.78, 5) is 22.9. The Morgan fingerprint density at radius 2 is 1.97 bits per heavy atom. The first-order valence-electron chi connectivity index (χ1n) is 8.89. The van der Waals surface area contributed by atoms with Crippen LogP contribution in [0.2, 0.25) is 0 Å². The van der Waals surface area contributed by atoms with Crippen LogP contribution < -0.4 is 14.8 Å². The first-order valence-corrected chi connectivity index (χ1v) is 10.8. The average molecular weight is 422 g/mol. The van der Waals surface area contributed by atoms with E-state index in [4.69, 9.17) is 14.5 Å². The number of hydrogen-bond donors (Lipinski definition) is 1. The quantitative estimate of drug-likeness (QED) is 0.368. The number of nitrogens with zero attached hydrogens (tertiary/aromatic N) is 2. The van der Waals surface area contributed by atoms with Gasteiger partial charge in [0.05, 0.1) is 16.1 Å². The second-order valence-corrected chi connectivity index (χ2v) is 8.16. The maximum Gasteiger partial charge on any atom is 0.234 e. The highest BCUT2D eigenvalue weighted by atomic mass is 32.2. The van der Waals surface area contributed by atoms with E-state index in [-0.39, 0.29) is 18.5 Å². The van der Waals surface area contributed by atoms with Crippen LogP contribution in [0.15, 0.2) is 65.0 Å². The molecule has 0 unspecified atom stereocenters. The molecule has 1 aliphatic rings. The van der Waals surface area contributed by atoms with Gasteiger partial charge in [-0.3, -0.25) is 4.79 Å². The second kappa shape index (κ2) is 7.73. The lowest BCUT2D eigenvalue weighted by Gasteiger charge is -2.09. The number of rotatable bonds is 5. The minimum atomic E-state index is -0.116. The van der Waals surface area contributed by atoms with Crippen LogP contribution in [-0.2, 0) is 4.79 Å². The van der Waals surface area contributed by atoms with Crippen molar-refractivity contribution in [3.8, 4) is 22.2 Å². The number of nitrogens with one attached hydrogen (secondary N) is 1. The maximum atomic E-state index is 12.5. The minimum Gasteiger partial charge on any atom is -0.454 e. The fraction of sp³-hybridized carbons (Fsp3) is 0.0952. The summed E-state index contributed by atoms with van der Waals surface area (Å²) < 4.78 is 10.6. The second-order valence-electron chi connectivity index (χ2n) is 6.25. The summed E-state index contributed by atoms with van der Waals surface area (Å²) in [5.41, 5.74) is 1.54. The van der Waals surface area contributed by atoms with Gasteiger partial charge in [-0.2, -0.15) is 0 Å². The van der Waals surface area contributed by atoms with E-state index < -0.39 is 0 Å². The number of carbonyl (C=O) groups excluding carboxylic acids is 1. The van der Waals surface area contributed by atoms with Gasteiger partial charge >= 0.3 is 0 Å². The van der Waals surface area contributed by atoms with Gasteiger partial charge in [0.25, 0.3) is 0 Å². The number of anilines is 1. The lowest BCUT2D eigenvalue weighted by Crippen LogP contribution is -2.14. The topological polar surface area (TPSA) is 73.3 Å². The van der Waals surface area contributed by atoms with Crippen molar-refractivity contribution >= 4 is 45.6 Å². The van der Waals surface area contributed by atoms with E-state index in [2.05, 4.69) is 10.3 Å². The molecule has 8 heteroatoms. The third-order valence-corrected chi connectivity index (χ3v) is 6.16. The number of para-hydroxylation sites is 1. The Balaban J connectivity index is 1.35. The third-order valence-electron chi connectivity index (χ3n) is 4.31. The number of hydrogen-bond acceptors (Lipinski definition) is 7. The normalized spacial score (nSPS) is 12.3. The lowest BCUT2D eigenvalue weighted by atomic mass is 10.2. The summed E-state index contributed by atoms with van der Waals surface area (Å²) in [6, 6.07) is 17.2. The summed E-state index contributed by atoms with van der Waals surface area (Å²) in [5.74, 6) is 2.12. The van der Waals surface area contributed by atoms with Gasteiger partial charge in [-0.25, -0.2) is 9.97 Å². The molecule has 144 valence electrons. The van der Waals surface area contributed by atoms with Crippen LogP contribution in [0.4, 0.5) is 5.69 Å². The number of benzene rings is 2. The largest absolute Gasteiger partial charge is 0.454 e. The molecule has 6 nitrogen and oxygen atoms in total. The molecular formula is C21H15N3O3S2. The van der Waals surface area contributed by atoms with E-state index in [0.29, 0.717) is 23.0 Å². The van der Waals surface area contributed by atoms with Gasteiger partial charge in [0.15, 0.2) is 17.3 Å². The molecule has 1 aliphatic heterocycles. The zero-order chi connectivity index (χ0) is 19.6. The first-order chi connectivity index (χ1) is 14.3. The highest BCUT2D eigenvalue weighted by Crippen LogP contribution is 2.34. The Morgan fingerprint density at radius 3 is 2.86 bits per heavy atom. The van der Waals surface area contributed by atoms with Gasteiger partial charge in [-0.1, -0.05) is 36.0 Å². The summed E-state index contributed by atoms with van der Waals surface area (Å²) in [6.45, 7) is 0.204. The molecule has 0 radical (unpaired) electrons. The van der Waals surface area contributed by atoms with Crippen LogP contribution in [0.1, 0.15) is 0 Å². The summed E-state index contributed by atoms with van der Waals surface area (Å²) in [6.07, 6.45) is 0. The number of thiophene rings is 1. The van der Waals surface area contributed by atoms with Gasteiger partial charge in [-0.05, 0) is 29.6 Å². The molecule has 4 aromatic rings. The standard InChI is InChI=1S/C21H15N3O3S2/c25-19(22-13-7-8-16-17(10-13)27-12-26-16)11-29-21-14-4-1-2-5-15(14)23-20(24-21)18-6-3-9-28-18/h1-10H,11-12H2,(H,22,25). The van der Waals surface area contributed by atoms with Gasteiger partial charge in [0.2, 0.25) is 12.7 Å². The van der Waals surface area contributed by atoms with E-state index in [1.165, 1.54) is 11.8 Å². The first kappa shape index (κ1) is 18.0. The Labute approximate surface area is 174 Å². The van der Waals surface area contributed by atoms with Crippen molar-refractivity contribution in [2.45, 2.75) is 5.03 Å². The molecule has 1 N–H and O–H groups in total. The molecule has 29 heavy (non-hydrogen) atoms. The average Bonchev–Trinajstić information content (AvgIpc) is 3.43. The van der Waals surface area contributed by atoms with E-state index >= 15 is 0 Å². The molecule has 0 atom stereocenters. The highest BCUT2D eigenvalue weighted by Gasteiger charge is 2.15. The van der Waals surface area contributed by atoms with Crippen molar-refractivity contribution in [1.82, 2.24) is 9.97 Å². The van der Waals surface area contributed by atoms with E-state index in [1.54, 1.807) is 29.5 Å². The van der Waals surface area contributed by atoms with Crippen molar-refractivity contribution in [2.75, 3.05) is 17.9 Å². The minimum absolute atomic E-state index is 0.116. The van der Waals surface area contributed by atoms with Crippen LogP contribution in [0.5, 0.6) is 11.5 Å². The predicted molar refractivity (Wildman–Crippen MR) is 115 cm³/mol. The fourth-order valence-corrected chi connectivity index (χ4v) is 4.46. The molecule has 0 fully saturated rings. The Morgan fingerprint density at radius 1 is 1.07 bits per heavy atom. The molecule has 3 heterocycles. The summed E-state index contributed by atoms with van der Waals surface area (Å²) in [7, 11) is 0. The molecule has 0 saturated heterocycles. The molecule has 2 aromatic heterocycles. The smallest absolute Gasteiger partial charge is 0.234 e. The number of ether oxygens (including phenoxy) is 2. The van der Waals surface area contributed by atoms with Crippen LogP contribution in [-0.4, -0.2) is 28.4 Å². The molecule has 2 aromatic carbocycles. The molecular weight excluding hydrogens is 406 g/mol. The SMILES string of the molecule is O=C(CSc1nc(-c2cccs2)nc2ccccc12)Nc1ccc2c(c1)OCO2. The number of amides is 1. The van der Waals surface area contributed by atoms with Crippen LogP contribution in [0, 0.1) is 0 Å². The zero-order valence-corrected chi connectivity index (χ0v) is 16.8. The molecule has 0 aliphatic carbocycles. The van der Waals surface area contributed by atoms with Crippen LogP contribution in [0.25, 0.3) is 21.6 Å². The Kier molecular flexibility index (Phi) is 4.79. The maximum absolute atomic E-state index is 12.5. The van der Waals surface area contributed by atoms with Gasteiger partial charge in [0, 0.05) is 17.1 Å². The zero-order valence-electron chi connectivity index (χ0n) is 15.1. The molecule has 0 spiro atoms. The Bertz CT molecular complexity index is 1200. The van der Waals surface area contributed by atoms with E-state index in [1.807, 2.05) is 41.8 Å². The van der Waals surface area contributed by atoms with Crippen molar-refractivity contribution in [2.24, 2.45) is 0 Å². The predicted octanol–water partition coefficient (Wildman–Crippen LogP) is 4.82. The Hall–Kier alpha value is -3.10. The summed E-state index contributed by atoms with van der Waals surface area (Å²) in [5, 5.41) is 6.63. The molecule has 0 bridgehead atoms. The number of aromatic nitrogens is 2. The molecule has 5 rings (SSSR count). The van der Waals surface area contributed by atoms with Crippen molar-refractivity contribution < 1.29 is 14.3 Å². The summed E-state index contributed by atoms with van der Waals surface area (Å²) >= 11 is 2.99. The van der Waals surface area contributed by atoms with Gasteiger partial charge in [0.1, 0.15) is 5.03 Å². The van der Waals surface area contributed by atoms with Crippen molar-refractivity contribution in [1.29, 1.82) is 0 Å². The number of carbonyl (C=O) groups is 1. The van der Waals surface area contributed by atoms with Crippen LogP contribution in [0.3, 0.4) is 0 Å². The fourth-order valence-electron chi connectivity index (χ4n) is 2.98. The van der Waals surface area contributed by atoms with Crippen LogP contribution >= 0.6 is 23.1 Å². The highest BCUT2D eigenvalue weighted by molar-refractivity contribution is 8.00. The van der Waals surface area contributed by atoms with Crippen molar-refractivity contribution in [3.63, 3.8) is 0 Å². The molecule has 1 amide bonds. The number of fused-ring (bicyclic) bond motifs is 2. The van der Waals surface area contributed by atoms with E-state index in [0.717, 1.165) is 20.8 Å². The van der Waals surface area contributed by atoms with Gasteiger partial charge in [-0.15, -0.1) is 11.3 Å². The third kappa shape index (κ3) is 3.76. The monoisotopic (exact) mass is 421 g/mol. The number of thioether (sulfide) groups is 1. The van der Waals surface area contributed by atoms with E-state index in [9.17, 15) is 4.79 Å². The lowest BCUT2D eigenvalue weighted by molar-refractivity contribution is -0.113. The molecule has 0 saturated carbocycles. The van der Waals surface area contributed by atoms with Crippen molar-refractivity contribution in [3.05, 3.63) is 60.0 Å². The van der Waals surface area contributed by atoms with Gasteiger partial charge < -0.3 is 14.8 Å².